The number of ether oxygens (including phenoxy) is 1. The highest BCUT2D eigenvalue weighted by atomic mass is 16.5. The Balaban J connectivity index is 2.17. The Labute approximate surface area is 110 Å². The van der Waals surface area contributed by atoms with Gasteiger partial charge in [-0.1, -0.05) is 18.2 Å². The molecule has 2 aromatic rings. The van der Waals surface area contributed by atoms with Crippen LogP contribution in [-0.2, 0) is 6.61 Å². The summed E-state index contributed by atoms with van der Waals surface area (Å²) >= 11 is 0. The van der Waals surface area contributed by atoms with Crippen molar-refractivity contribution in [3.05, 3.63) is 59.2 Å². The predicted molar refractivity (Wildman–Crippen MR) is 70.6 cm³/mol. The van der Waals surface area contributed by atoms with Crippen LogP contribution in [0.2, 0.25) is 0 Å². The molecule has 0 saturated heterocycles. The van der Waals surface area contributed by atoms with Gasteiger partial charge in [0, 0.05) is 5.56 Å². The van der Waals surface area contributed by atoms with Crippen LogP contribution in [0.25, 0.3) is 0 Å². The number of aromatic hydroxyl groups is 1. The lowest BCUT2D eigenvalue weighted by Crippen LogP contribution is -2.05. The molecule has 0 bridgehead atoms. The highest BCUT2D eigenvalue weighted by Gasteiger charge is 2.10. The minimum Gasteiger partial charge on any atom is -0.508 e. The Morgan fingerprint density at radius 2 is 1.95 bits per heavy atom. The van der Waals surface area contributed by atoms with Crippen LogP contribution in [0, 0.1) is 6.92 Å². The molecule has 2 rings (SSSR count). The van der Waals surface area contributed by atoms with Crippen molar-refractivity contribution in [2.24, 2.45) is 0 Å². The molecule has 0 aliphatic rings. The van der Waals surface area contributed by atoms with Gasteiger partial charge in [-0.05, 0) is 36.8 Å². The Morgan fingerprint density at radius 1 is 1.21 bits per heavy atom. The largest absolute Gasteiger partial charge is 0.508 e. The van der Waals surface area contributed by atoms with Crippen molar-refractivity contribution < 1.29 is 19.7 Å². The number of benzene rings is 2. The van der Waals surface area contributed by atoms with Gasteiger partial charge in [0.1, 0.15) is 18.1 Å². The SMILES string of the molecule is Cc1cc(O)ccc1OCc1ccccc1C(=O)O. The summed E-state index contributed by atoms with van der Waals surface area (Å²) in [4.78, 5) is 11.1. The number of hydrogen-bond acceptors (Lipinski definition) is 3. The van der Waals surface area contributed by atoms with Gasteiger partial charge in [0.15, 0.2) is 0 Å². The van der Waals surface area contributed by atoms with Crippen molar-refractivity contribution in [2.45, 2.75) is 13.5 Å². The minimum absolute atomic E-state index is 0.175. The molecule has 0 aromatic heterocycles. The van der Waals surface area contributed by atoms with Crippen molar-refractivity contribution in [2.75, 3.05) is 0 Å². The van der Waals surface area contributed by atoms with Gasteiger partial charge in [0.25, 0.3) is 0 Å². The average molecular weight is 258 g/mol. The van der Waals surface area contributed by atoms with Crippen LogP contribution < -0.4 is 4.74 Å². The number of carboxylic acid groups (broad SMARTS) is 1. The number of aromatic carboxylic acids is 1. The summed E-state index contributed by atoms with van der Waals surface area (Å²) in [5.41, 5.74) is 1.65. The molecule has 0 saturated carbocycles. The van der Waals surface area contributed by atoms with Gasteiger partial charge in [-0.2, -0.15) is 0 Å². The predicted octanol–water partition coefficient (Wildman–Crippen LogP) is 2.98. The topological polar surface area (TPSA) is 66.8 Å². The van der Waals surface area contributed by atoms with Crippen LogP contribution in [-0.4, -0.2) is 16.2 Å². The lowest BCUT2D eigenvalue weighted by molar-refractivity contribution is 0.0694. The van der Waals surface area contributed by atoms with E-state index in [4.69, 9.17) is 9.84 Å². The third kappa shape index (κ3) is 3.04. The molecule has 4 nitrogen and oxygen atoms in total. The molecule has 0 radical (unpaired) electrons. The monoisotopic (exact) mass is 258 g/mol. The van der Waals surface area contributed by atoms with E-state index >= 15 is 0 Å². The van der Waals surface area contributed by atoms with Gasteiger partial charge < -0.3 is 14.9 Å². The van der Waals surface area contributed by atoms with Crippen molar-refractivity contribution in [3.8, 4) is 11.5 Å². The Hall–Kier alpha value is -2.49. The van der Waals surface area contributed by atoms with Crippen LogP contribution in [0.1, 0.15) is 21.5 Å². The lowest BCUT2D eigenvalue weighted by atomic mass is 10.1. The summed E-state index contributed by atoms with van der Waals surface area (Å²) in [5.74, 6) is -0.171. The number of rotatable bonds is 4. The maximum Gasteiger partial charge on any atom is 0.336 e. The van der Waals surface area contributed by atoms with Gasteiger partial charge in [0.05, 0.1) is 5.56 Å². The fourth-order valence-electron chi connectivity index (χ4n) is 1.81. The van der Waals surface area contributed by atoms with E-state index in [0.717, 1.165) is 5.56 Å². The second-order valence-electron chi connectivity index (χ2n) is 4.20. The zero-order valence-corrected chi connectivity index (χ0v) is 10.5. The second kappa shape index (κ2) is 5.44. The van der Waals surface area contributed by atoms with Gasteiger partial charge in [0.2, 0.25) is 0 Å². The Morgan fingerprint density at radius 3 is 2.63 bits per heavy atom. The number of phenols is 1. The maximum absolute atomic E-state index is 11.1. The Bertz CT molecular complexity index is 605. The number of phenolic OH excluding ortho intramolecular Hbond substituents is 1. The van der Waals surface area contributed by atoms with Crippen LogP contribution in [0.5, 0.6) is 11.5 Å². The summed E-state index contributed by atoms with van der Waals surface area (Å²) in [7, 11) is 0. The van der Waals surface area contributed by atoms with Gasteiger partial charge >= 0.3 is 5.97 Å². The molecular formula is C15H14O4. The van der Waals surface area contributed by atoms with Crippen molar-refractivity contribution >= 4 is 5.97 Å². The molecule has 0 atom stereocenters. The summed E-state index contributed by atoms with van der Waals surface area (Å²) in [6.07, 6.45) is 0. The number of aryl methyl sites for hydroxylation is 1. The van der Waals surface area contributed by atoms with E-state index in [1.54, 1.807) is 36.4 Å². The summed E-state index contributed by atoms with van der Waals surface area (Å²) in [5, 5.41) is 18.4. The number of carboxylic acids is 1. The fraction of sp³-hybridized carbons (Fsp3) is 0.133. The first-order valence-corrected chi connectivity index (χ1v) is 5.81. The Kier molecular flexibility index (Phi) is 3.71. The molecule has 0 aliphatic heterocycles. The third-order valence-corrected chi connectivity index (χ3v) is 2.79. The second-order valence-corrected chi connectivity index (χ2v) is 4.20. The normalized spacial score (nSPS) is 10.2. The molecule has 98 valence electrons. The van der Waals surface area contributed by atoms with Crippen molar-refractivity contribution in [1.29, 1.82) is 0 Å². The van der Waals surface area contributed by atoms with Crippen molar-refractivity contribution in [3.63, 3.8) is 0 Å². The molecule has 0 aliphatic carbocycles. The van der Waals surface area contributed by atoms with E-state index in [2.05, 4.69) is 0 Å². The first-order valence-electron chi connectivity index (χ1n) is 5.81. The van der Waals surface area contributed by atoms with E-state index in [9.17, 15) is 9.90 Å². The van der Waals surface area contributed by atoms with Gasteiger partial charge in [-0.25, -0.2) is 4.79 Å². The summed E-state index contributed by atoms with van der Waals surface area (Å²) in [6, 6.07) is 11.5. The van der Waals surface area contributed by atoms with Crippen LogP contribution in [0.15, 0.2) is 42.5 Å². The maximum atomic E-state index is 11.1. The lowest BCUT2D eigenvalue weighted by Gasteiger charge is -2.11. The standard InChI is InChI=1S/C15H14O4/c1-10-8-12(16)6-7-14(10)19-9-11-4-2-3-5-13(11)15(17)18/h2-8,16H,9H2,1H3,(H,17,18). The van der Waals surface area contributed by atoms with E-state index < -0.39 is 5.97 Å². The zero-order chi connectivity index (χ0) is 13.8. The van der Waals surface area contributed by atoms with Gasteiger partial charge in [-0.3, -0.25) is 0 Å². The smallest absolute Gasteiger partial charge is 0.336 e. The summed E-state index contributed by atoms with van der Waals surface area (Å²) < 4.78 is 5.59. The molecule has 0 amide bonds. The van der Waals surface area contributed by atoms with Gasteiger partial charge in [-0.15, -0.1) is 0 Å². The number of hydrogen-bond donors (Lipinski definition) is 2. The molecule has 0 spiro atoms. The molecule has 2 N–H and O–H groups in total. The van der Waals surface area contributed by atoms with Crippen LogP contribution in [0.4, 0.5) is 0 Å². The first-order chi connectivity index (χ1) is 9.08. The highest BCUT2D eigenvalue weighted by molar-refractivity contribution is 5.89. The highest BCUT2D eigenvalue weighted by Crippen LogP contribution is 2.23. The molecule has 0 heterocycles. The summed E-state index contributed by atoms with van der Waals surface area (Å²) in [6.45, 7) is 1.99. The molecule has 2 aromatic carbocycles. The molecular weight excluding hydrogens is 244 g/mol. The zero-order valence-electron chi connectivity index (χ0n) is 10.5. The van der Waals surface area contributed by atoms with Crippen LogP contribution >= 0.6 is 0 Å². The van der Waals surface area contributed by atoms with E-state index in [-0.39, 0.29) is 17.9 Å². The first kappa shape index (κ1) is 13.0. The molecule has 0 fully saturated rings. The van der Waals surface area contributed by atoms with E-state index in [0.29, 0.717) is 11.3 Å². The van der Waals surface area contributed by atoms with Crippen molar-refractivity contribution in [1.82, 2.24) is 0 Å². The molecule has 0 unspecified atom stereocenters. The fourth-order valence-corrected chi connectivity index (χ4v) is 1.81. The minimum atomic E-state index is -0.971. The van der Waals surface area contributed by atoms with E-state index in [1.807, 2.05) is 6.92 Å². The third-order valence-electron chi connectivity index (χ3n) is 2.79. The molecule has 4 heteroatoms. The van der Waals surface area contributed by atoms with E-state index in [1.165, 1.54) is 6.07 Å². The molecule has 19 heavy (non-hydrogen) atoms. The average Bonchev–Trinajstić information content (AvgIpc) is 2.38. The quantitative estimate of drug-likeness (QED) is 0.884. The number of carbonyl (C=O) groups is 1. The van der Waals surface area contributed by atoms with Crippen LogP contribution in [0.3, 0.4) is 0 Å².